The zero-order valence-corrected chi connectivity index (χ0v) is 7.77. The number of hydrogen-bond donors (Lipinski definition) is 2. The van der Waals surface area contributed by atoms with E-state index in [1.807, 2.05) is 0 Å². The van der Waals surface area contributed by atoms with E-state index in [0.29, 0.717) is 6.61 Å². The Bertz CT molecular complexity index is 198. The molecular formula is C9H16N2O2. The van der Waals surface area contributed by atoms with Gasteiger partial charge in [-0.15, -0.1) is 0 Å². The van der Waals surface area contributed by atoms with Crippen LogP contribution in [0.5, 0.6) is 0 Å². The fourth-order valence-electron chi connectivity index (χ4n) is 2.11. The minimum absolute atomic E-state index is 0.0353. The molecule has 1 spiro atoms. The van der Waals surface area contributed by atoms with Gasteiger partial charge in [-0.1, -0.05) is 0 Å². The number of morpholine rings is 1. The molecule has 13 heavy (non-hydrogen) atoms. The highest BCUT2D eigenvalue weighted by molar-refractivity contribution is 5.78. The van der Waals surface area contributed by atoms with Gasteiger partial charge in [0.1, 0.15) is 6.61 Å². The van der Waals surface area contributed by atoms with Gasteiger partial charge < -0.3 is 15.4 Å². The number of carbonyl (C=O) groups is 1. The SMILES string of the molecule is O=C1COCC2(CCCNCC2)N1. The van der Waals surface area contributed by atoms with E-state index in [1.54, 1.807) is 0 Å². The Morgan fingerprint density at radius 3 is 3.08 bits per heavy atom. The third-order valence-electron chi connectivity index (χ3n) is 2.81. The van der Waals surface area contributed by atoms with Crippen LogP contribution in [0, 0.1) is 0 Å². The summed E-state index contributed by atoms with van der Waals surface area (Å²) >= 11 is 0. The molecule has 2 N–H and O–H groups in total. The molecule has 2 saturated heterocycles. The van der Waals surface area contributed by atoms with Crippen LogP contribution in [0.3, 0.4) is 0 Å². The van der Waals surface area contributed by atoms with E-state index in [1.165, 1.54) is 0 Å². The van der Waals surface area contributed by atoms with Crippen LogP contribution >= 0.6 is 0 Å². The summed E-state index contributed by atoms with van der Waals surface area (Å²) in [6.07, 6.45) is 3.13. The summed E-state index contributed by atoms with van der Waals surface area (Å²) < 4.78 is 5.29. The molecule has 2 aliphatic rings. The van der Waals surface area contributed by atoms with Crippen LogP contribution < -0.4 is 10.6 Å². The molecule has 1 atom stereocenters. The van der Waals surface area contributed by atoms with Crippen molar-refractivity contribution in [2.75, 3.05) is 26.3 Å². The van der Waals surface area contributed by atoms with Gasteiger partial charge in [0.25, 0.3) is 0 Å². The largest absolute Gasteiger partial charge is 0.369 e. The second-order valence-corrected chi connectivity index (χ2v) is 3.92. The van der Waals surface area contributed by atoms with Gasteiger partial charge in [-0.3, -0.25) is 4.79 Å². The Labute approximate surface area is 78.0 Å². The van der Waals surface area contributed by atoms with E-state index in [2.05, 4.69) is 10.6 Å². The molecule has 0 saturated carbocycles. The van der Waals surface area contributed by atoms with Gasteiger partial charge in [-0.2, -0.15) is 0 Å². The van der Waals surface area contributed by atoms with Crippen LogP contribution in [0.1, 0.15) is 19.3 Å². The molecule has 0 aliphatic carbocycles. The highest BCUT2D eigenvalue weighted by Crippen LogP contribution is 2.22. The molecule has 0 aromatic rings. The third-order valence-corrected chi connectivity index (χ3v) is 2.81. The van der Waals surface area contributed by atoms with Crippen molar-refractivity contribution in [1.82, 2.24) is 10.6 Å². The Balaban J connectivity index is 2.02. The predicted molar refractivity (Wildman–Crippen MR) is 48.4 cm³/mol. The van der Waals surface area contributed by atoms with Gasteiger partial charge in [0, 0.05) is 0 Å². The van der Waals surface area contributed by atoms with Crippen LogP contribution in [0.4, 0.5) is 0 Å². The zero-order chi connectivity index (χ0) is 9.15. The van der Waals surface area contributed by atoms with Crippen molar-refractivity contribution in [2.45, 2.75) is 24.8 Å². The normalized spacial score (nSPS) is 35.5. The maximum absolute atomic E-state index is 11.2. The summed E-state index contributed by atoms with van der Waals surface area (Å²) in [4.78, 5) is 11.2. The lowest BCUT2D eigenvalue weighted by molar-refractivity contribution is -0.135. The quantitative estimate of drug-likeness (QED) is 0.541. The predicted octanol–water partition coefficient (Wildman–Crippen LogP) is -0.355. The number of rotatable bonds is 0. The summed E-state index contributed by atoms with van der Waals surface area (Å²) in [5, 5.41) is 6.39. The lowest BCUT2D eigenvalue weighted by Crippen LogP contribution is -2.57. The van der Waals surface area contributed by atoms with Crippen LogP contribution in [-0.2, 0) is 9.53 Å². The average molecular weight is 184 g/mol. The smallest absolute Gasteiger partial charge is 0.246 e. The van der Waals surface area contributed by atoms with Gasteiger partial charge in [-0.05, 0) is 32.4 Å². The summed E-state index contributed by atoms with van der Waals surface area (Å²) in [7, 11) is 0. The Kier molecular flexibility index (Phi) is 2.51. The maximum Gasteiger partial charge on any atom is 0.246 e. The fraction of sp³-hybridized carbons (Fsp3) is 0.889. The summed E-state index contributed by atoms with van der Waals surface area (Å²) in [5.74, 6) is 0.0353. The zero-order valence-electron chi connectivity index (χ0n) is 7.77. The standard InChI is InChI=1S/C9H16N2O2/c12-8-6-13-7-9(11-8)2-1-4-10-5-3-9/h10H,1-7H2,(H,11,12). The average Bonchev–Trinajstić information content (AvgIpc) is 2.31. The highest BCUT2D eigenvalue weighted by atomic mass is 16.5. The molecule has 0 radical (unpaired) electrons. The Hall–Kier alpha value is -0.610. The van der Waals surface area contributed by atoms with Gasteiger partial charge >= 0.3 is 0 Å². The molecule has 0 bridgehead atoms. The van der Waals surface area contributed by atoms with Crippen LogP contribution in [0.15, 0.2) is 0 Å². The number of nitrogens with one attached hydrogen (secondary N) is 2. The first kappa shape index (κ1) is 8.97. The van der Waals surface area contributed by atoms with E-state index >= 15 is 0 Å². The first-order valence-corrected chi connectivity index (χ1v) is 4.90. The van der Waals surface area contributed by atoms with E-state index in [-0.39, 0.29) is 18.1 Å². The van der Waals surface area contributed by atoms with Gasteiger partial charge in [0.15, 0.2) is 0 Å². The molecule has 2 fully saturated rings. The molecule has 4 nitrogen and oxygen atoms in total. The second kappa shape index (κ2) is 3.64. The molecule has 0 aromatic heterocycles. The number of ether oxygens (including phenoxy) is 1. The van der Waals surface area contributed by atoms with Crippen molar-refractivity contribution in [3.8, 4) is 0 Å². The third kappa shape index (κ3) is 2.00. The van der Waals surface area contributed by atoms with Gasteiger partial charge in [0.05, 0.1) is 12.1 Å². The molecule has 1 amide bonds. The lowest BCUT2D eigenvalue weighted by Gasteiger charge is -2.36. The number of carbonyl (C=O) groups excluding carboxylic acids is 1. The van der Waals surface area contributed by atoms with Crippen molar-refractivity contribution in [3.63, 3.8) is 0 Å². The molecule has 2 rings (SSSR count). The van der Waals surface area contributed by atoms with Crippen molar-refractivity contribution < 1.29 is 9.53 Å². The molecule has 2 aliphatic heterocycles. The Morgan fingerprint density at radius 2 is 2.23 bits per heavy atom. The minimum atomic E-state index is -0.0706. The minimum Gasteiger partial charge on any atom is -0.369 e. The van der Waals surface area contributed by atoms with Crippen molar-refractivity contribution in [2.24, 2.45) is 0 Å². The molecular weight excluding hydrogens is 168 g/mol. The second-order valence-electron chi connectivity index (χ2n) is 3.92. The van der Waals surface area contributed by atoms with E-state index in [9.17, 15) is 4.79 Å². The van der Waals surface area contributed by atoms with Crippen LogP contribution in [0.2, 0.25) is 0 Å². The first-order chi connectivity index (χ1) is 6.31. The van der Waals surface area contributed by atoms with Gasteiger partial charge in [0.2, 0.25) is 5.91 Å². The summed E-state index contributed by atoms with van der Waals surface area (Å²) in [6.45, 7) is 2.94. The molecule has 1 unspecified atom stereocenters. The fourth-order valence-corrected chi connectivity index (χ4v) is 2.11. The van der Waals surface area contributed by atoms with Crippen molar-refractivity contribution >= 4 is 5.91 Å². The van der Waals surface area contributed by atoms with E-state index in [4.69, 9.17) is 4.74 Å². The van der Waals surface area contributed by atoms with Crippen LogP contribution in [0.25, 0.3) is 0 Å². The van der Waals surface area contributed by atoms with Crippen molar-refractivity contribution in [1.29, 1.82) is 0 Å². The highest BCUT2D eigenvalue weighted by Gasteiger charge is 2.35. The number of amides is 1. The maximum atomic E-state index is 11.2. The number of hydrogen-bond acceptors (Lipinski definition) is 3. The Morgan fingerprint density at radius 1 is 1.31 bits per heavy atom. The first-order valence-electron chi connectivity index (χ1n) is 4.90. The molecule has 2 heterocycles. The van der Waals surface area contributed by atoms with E-state index in [0.717, 1.165) is 32.4 Å². The monoisotopic (exact) mass is 184 g/mol. The van der Waals surface area contributed by atoms with E-state index < -0.39 is 0 Å². The topological polar surface area (TPSA) is 50.4 Å². The van der Waals surface area contributed by atoms with Crippen molar-refractivity contribution in [3.05, 3.63) is 0 Å². The van der Waals surface area contributed by atoms with Crippen LogP contribution in [-0.4, -0.2) is 37.7 Å². The molecule has 4 heteroatoms. The molecule has 74 valence electrons. The lowest BCUT2D eigenvalue weighted by atomic mass is 9.90. The molecule has 0 aromatic carbocycles. The summed E-state index contributed by atoms with van der Waals surface area (Å²) in [6, 6.07) is 0. The summed E-state index contributed by atoms with van der Waals surface area (Å²) in [5.41, 5.74) is -0.0706. The van der Waals surface area contributed by atoms with Gasteiger partial charge in [-0.25, -0.2) is 0 Å².